The lowest BCUT2D eigenvalue weighted by molar-refractivity contribution is -0.123. The summed E-state index contributed by atoms with van der Waals surface area (Å²) in [5.41, 5.74) is 5.96. The van der Waals surface area contributed by atoms with Crippen LogP contribution < -0.4 is 11.1 Å². The first-order valence-electron chi connectivity index (χ1n) is 5.62. The third kappa shape index (κ3) is 2.72. The third-order valence-electron chi connectivity index (χ3n) is 3.02. The number of nitrogens with one attached hydrogen (secondary N) is 1. The molecule has 1 aromatic heterocycles. The predicted molar refractivity (Wildman–Crippen MR) is 60.8 cm³/mol. The molecule has 0 aromatic carbocycles. The molecule has 2 unspecified atom stereocenters. The molecule has 2 rings (SSSR count). The number of anilines is 1. The minimum atomic E-state index is -2.91. The first-order valence-corrected chi connectivity index (χ1v) is 5.62. The van der Waals surface area contributed by atoms with E-state index >= 15 is 0 Å². The molecular formula is C11H14F2N4O. The van der Waals surface area contributed by atoms with Gasteiger partial charge in [0.15, 0.2) is 0 Å². The van der Waals surface area contributed by atoms with Crippen molar-refractivity contribution in [2.45, 2.75) is 31.7 Å². The predicted octanol–water partition coefficient (Wildman–Crippen LogP) is 0.761. The number of rotatable bonds is 3. The number of amides is 1. The molecule has 1 fully saturated rings. The largest absolute Gasteiger partial charge is 0.382 e. The number of nitrogens with two attached hydrogens (primary N) is 1. The van der Waals surface area contributed by atoms with Gasteiger partial charge >= 0.3 is 0 Å². The quantitative estimate of drug-likeness (QED) is 0.836. The van der Waals surface area contributed by atoms with Crippen molar-refractivity contribution in [1.82, 2.24) is 15.5 Å². The summed E-state index contributed by atoms with van der Waals surface area (Å²) in [6.07, 6.45) is 0.403. The Labute approximate surface area is 103 Å². The zero-order valence-corrected chi connectivity index (χ0v) is 9.86. The Bertz CT molecular complexity index is 443. The van der Waals surface area contributed by atoms with Gasteiger partial charge in [0.2, 0.25) is 5.91 Å². The van der Waals surface area contributed by atoms with Crippen molar-refractivity contribution >= 4 is 11.7 Å². The molecule has 0 radical (unpaired) electrons. The lowest BCUT2D eigenvalue weighted by Crippen LogP contribution is -2.39. The van der Waals surface area contributed by atoms with E-state index in [1.54, 1.807) is 12.1 Å². The molecule has 1 aliphatic rings. The van der Waals surface area contributed by atoms with Crippen molar-refractivity contribution in [2.24, 2.45) is 5.92 Å². The summed E-state index contributed by atoms with van der Waals surface area (Å²) in [7, 11) is 0. The molecule has 0 spiro atoms. The maximum Gasteiger partial charge on any atom is 0.265 e. The van der Waals surface area contributed by atoms with Gasteiger partial charge in [-0.1, -0.05) is 0 Å². The number of aromatic nitrogens is 2. The van der Waals surface area contributed by atoms with Gasteiger partial charge in [0.25, 0.3) is 5.92 Å². The van der Waals surface area contributed by atoms with Gasteiger partial charge in [-0.05, 0) is 18.6 Å². The van der Waals surface area contributed by atoms with Crippen molar-refractivity contribution in [3.05, 3.63) is 17.8 Å². The van der Waals surface area contributed by atoms with E-state index in [1.165, 1.54) is 0 Å². The lowest BCUT2D eigenvalue weighted by Gasteiger charge is -2.17. The van der Waals surface area contributed by atoms with E-state index in [-0.39, 0.29) is 18.1 Å². The standard InChI is InChI=1S/C11H14F2N4O/c1-11(12,13)8-5-6(10(18)15-8)4-7-2-3-9(14)17-16-7/h2-3,6,8H,4-5H2,1H3,(H2,14,17)(H,15,18). The van der Waals surface area contributed by atoms with Crippen LogP contribution in [0.2, 0.25) is 0 Å². The highest BCUT2D eigenvalue weighted by Gasteiger charge is 2.43. The molecule has 18 heavy (non-hydrogen) atoms. The minimum Gasteiger partial charge on any atom is -0.382 e. The number of alkyl halides is 2. The SMILES string of the molecule is CC(F)(F)C1CC(Cc2ccc(N)nn2)C(=O)N1. The van der Waals surface area contributed by atoms with Crippen LogP contribution in [0.1, 0.15) is 19.0 Å². The minimum absolute atomic E-state index is 0.106. The fourth-order valence-corrected chi connectivity index (χ4v) is 1.98. The smallest absolute Gasteiger partial charge is 0.265 e. The molecule has 3 N–H and O–H groups in total. The molecule has 98 valence electrons. The van der Waals surface area contributed by atoms with Crippen molar-refractivity contribution in [2.75, 3.05) is 5.73 Å². The second kappa shape index (κ2) is 4.47. The van der Waals surface area contributed by atoms with Gasteiger partial charge in [-0.15, -0.1) is 5.10 Å². The molecular weight excluding hydrogens is 242 g/mol. The highest BCUT2D eigenvalue weighted by Crippen LogP contribution is 2.29. The molecule has 0 aliphatic carbocycles. The second-order valence-corrected chi connectivity index (χ2v) is 4.60. The van der Waals surface area contributed by atoms with Crippen molar-refractivity contribution in [3.63, 3.8) is 0 Å². The van der Waals surface area contributed by atoms with Crippen molar-refractivity contribution < 1.29 is 13.6 Å². The number of carbonyl (C=O) groups is 1. The van der Waals surface area contributed by atoms with Crippen molar-refractivity contribution in [1.29, 1.82) is 0 Å². The molecule has 1 aromatic rings. The number of nitrogen functional groups attached to an aromatic ring is 1. The van der Waals surface area contributed by atoms with Crippen LogP contribution in [-0.4, -0.2) is 28.1 Å². The third-order valence-corrected chi connectivity index (χ3v) is 3.02. The summed E-state index contributed by atoms with van der Waals surface area (Å²) in [5, 5.41) is 9.80. The van der Waals surface area contributed by atoms with E-state index < -0.39 is 17.9 Å². The van der Waals surface area contributed by atoms with Crippen LogP contribution in [0.3, 0.4) is 0 Å². The van der Waals surface area contributed by atoms with Crippen LogP contribution in [0.25, 0.3) is 0 Å². The van der Waals surface area contributed by atoms with Gasteiger partial charge in [-0.3, -0.25) is 4.79 Å². The topological polar surface area (TPSA) is 80.9 Å². The molecule has 1 amide bonds. The zero-order chi connectivity index (χ0) is 13.3. The summed E-state index contributed by atoms with van der Waals surface area (Å²) in [6, 6.07) is 2.12. The molecule has 2 heterocycles. The van der Waals surface area contributed by atoms with Gasteiger partial charge in [-0.2, -0.15) is 5.10 Å². The van der Waals surface area contributed by atoms with Crippen LogP contribution in [0.15, 0.2) is 12.1 Å². The van der Waals surface area contributed by atoms with Crippen LogP contribution in [-0.2, 0) is 11.2 Å². The van der Waals surface area contributed by atoms with Gasteiger partial charge in [0, 0.05) is 19.3 Å². The van der Waals surface area contributed by atoms with Gasteiger partial charge < -0.3 is 11.1 Å². The van der Waals surface area contributed by atoms with Gasteiger partial charge in [-0.25, -0.2) is 8.78 Å². The highest BCUT2D eigenvalue weighted by molar-refractivity contribution is 5.81. The summed E-state index contributed by atoms with van der Waals surface area (Å²) < 4.78 is 26.2. The average molecular weight is 256 g/mol. The Kier molecular flexibility index (Phi) is 3.14. The fraction of sp³-hybridized carbons (Fsp3) is 0.545. The molecule has 7 heteroatoms. The highest BCUT2D eigenvalue weighted by atomic mass is 19.3. The lowest BCUT2D eigenvalue weighted by atomic mass is 9.97. The Morgan fingerprint density at radius 3 is 2.72 bits per heavy atom. The number of hydrogen-bond donors (Lipinski definition) is 2. The summed E-state index contributed by atoms with van der Waals surface area (Å²) >= 11 is 0. The first-order chi connectivity index (χ1) is 8.36. The van der Waals surface area contributed by atoms with E-state index in [1.807, 2.05) is 0 Å². The zero-order valence-electron chi connectivity index (χ0n) is 9.86. The number of halogens is 2. The van der Waals surface area contributed by atoms with E-state index in [2.05, 4.69) is 15.5 Å². The Morgan fingerprint density at radius 2 is 2.22 bits per heavy atom. The molecule has 5 nitrogen and oxygen atoms in total. The van der Waals surface area contributed by atoms with Gasteiger partial charge in [0.05, 0.1) is 11.7 Å². The maximum absolute atomic E-state index is 13.1. The van der Waals surface area contributed by atoms with E-state index in [0.29, 0.717) is 12.1 Å². The van der Waals surface area contributed by atoms with Crippen LogP contribution >= 0.6 is 0 Å². The van der Waals surface area contributed by atoms with E-state index in [9.17, 15) is 13.6 Å². The monoisotopic (exact) mass is 256 g/mol. The molecule has 1 aliphatic heterocycles. The second-order valence-electron chi connectivity index (χ2n) is 4.60. The Hall–Kier alpha value is -1.79. The fourth-order valence-electron chi connectivity index (χ4n) is 1.98. The Morgan fingerprint density at radius 1 is 1.50 bits per heavy atom. The molecule has 0 saturated carbocycles. The molecule has 0 bridgehead atoms. The summed E-state index contributed by atoms with van der Waals surface area (Å²) in [5.74, 6) is -3.47. The number of hydrogen-bond acceptors (Lipinski definition) is 4. The van der Waals surface area contributed by atoms with E-state index in [0.717, 1.165) is 6.92 Å². The van der Waals surface area contributed by atoms with E-state index in [4.69, 9.17) is 5.73 Å². The number of carbonyl (C=O) groups excluding carboxylic acids is 1. The van der Waals surface area contributed by atoms with Gasteiger partial charge in [0.1, 0.15) is 5.82 Å². The maximum atomic E-state index is 13.1. The summed E-state index contributed by atoms with van der Waals surface area (Å²) in [6.45, 7) is 0.809. The summed E-state index contributed by atoms with van der Waals surface area (Å²) in [4.78, 5) is 11.6. The average Bonchev–Trinajstić information content (AvgIpc) is 2.63. The van der Waals surface area contributed by atoms with Crippen LogP contribution in [0.5, 0.6) is 0 Å². The van der Waals surface area contributed by atoms with Crippen molar-refractivity contribution in [3.8, 4) is 0 Å². The number of nitrogens with zero attached hydrogens (tertiary/aromatic N) is 2. The van der Waals surface area contributed by atoms with Crippen LogP contribution in [0.4, 0.5) is 14.6 Å². The van der Waals surface area contributed by atoms with Crippen LogP contribution in [0, 0.1) is 5.92 Å². The normalized spacial score (nSPS) is 24.1. The molecule has 2 atom stereocenters. The Balaban J connectivity index is 2.03. The first kappa shape index (κ1) is 12.7. The molecule has 1 saturated heterocycles.